The fourth-order valence-corrected chi connectivity index (χ4v) is 3.32. The third kappa shape index (κ3) is 4.46. The van der Waals surface area contributed by atoms with Crippen LogP contribution in [0, 0.1) is 5.82 Å². The predicted molar refractivity (Wildman–Crippen MR) is 109 cm³/mol. The molecule has 0 atom stereocenters. The van der Waals surface area contributed by atoms with Crippen molar-refractivity contribution >= 4 is 5.91 Å². The largest absolute Gasteiger partial charge is 0.467 e. The third-order valence-corrected chi connectivity index (χ3v) is 4.79. The molecule has 0 aliphatic rings. The van der Waals surface area contributed by atoms with Crippen LogP contribution in [0.15, 0.2) is 95.7 Å². The predicted octanol–water partition coefficient (Wildman–Crippen LogP) is 5.11. The molecule has 1 amide bonds. The Hall–Kier alpha value is -3.60. The molecule has 0 saturated heterocycles. The van der Waals surface area contributed by atoms with Gasteiger partial charge in [-0.2, -0.15) is 0 Å². The molecule has 0 N–H and O–H groups in total. The smallest absolute Gasteiger partial charge is 0.257 e. The average Bonchev–Trinajstić information content (AvgIpc) is 3.41. The monoisotopic (exact) mass is 388 g/mol. The van der Waals surface area contributed by atoms with Gasteiger partial charge in [-0.25, -0.2) is 4.39 Å². The minimum atomic E-state index is -0.526. The Kier molecular flexibility index (Phi) is 5.56. The highest BCUT2D eigenvalue weighted by Gasteiger charge is 2.21. The normalized spacial score (nSPS) is 10.8. The zero-order chi connectivity index (χ0) is 20.1. The van der Waals surface area contributed by atoms with Gasteiger partial charge in [0.2, 0.25) is 0 Å². The first-order valence-corrected chi connectivity index (χ1v) is 9.45. The highest BCUT2D eigenvalue weighted by atomic mass is 19.1. The number of aromatic nitrogens is 1. The van der Waals surface area contributed by atoms with Gasteiger partial charge in [0.25, 0.3) is 5.91 Å². The van der Waals surface area contributed by atoms with Crippen LogP contribution >= 0.6 is 0 Å². The molecule has 0 fully saturated rings. The molecule has 5 heteroatoms. The molecular formula is C24H21FN2O2. The van der Waals surface area contributed by atoms with Crippen LogP contribution in [0.25, 0.3) is 0 Å². The molecule has 0 radical (unpaired) electrons. The SMILES string of the molecule is O=C(c1ccccc1F)N(Cc1ccco1)Cc1cccn1Cc1ccccc1. The molecule has 0 aliphatic carbocycles. The molecule has 2 aromatic heterocycles. The molecular weight excluding hydrogens is 367 g/mol. The van der Waals surface area contributed by atoms with E-state index in [1.54, 1.807) is 29.4 Å². The zero-order valence-electron chi connectivity index (χ0n) is 15.9. The number of amides is 1. The van der Waals surface area contributed by atoms with E-state index in [1.807, 2.05) is 42.6 Å². The second-order valence-electron chi connectivity index (χ2n) is 6.83. The Morgan fingerprint density at radius 1 is 0.897 bits per heavy atom. The van der Waals surface area contributed by atoms with Crippen molar-refractivity contribution in [2.45, 2.75) is 19.6 Å². The maximum atomic E-state index is 14.2. The number of benzene rings is 2. The molecule has 146 valence electrons. The molecule has 29 heavy (non-hydrogen) atoms. The van der Waals surface area contributed by atoms with E-state index >= 15 is 0 Å². The summed E-state index contributed by atoms with van der Waals surface area (Å²) in [6.07, 6.45) is 3.56. The van der Waals surface area contributed by atoms with Crippen LogP contribution in [0.2, 0.25) is 0 Å². The molecule has 0 bridgehead atoms. The number of hydrogen-bond donors (Lipinski definition) is 0. The number of rotatable bonds is 7. The van der Waals surface area contributed by atoms with Gasteiger partial charge in [-0.15, -0.1) is 0 Å². The Labute approximate surface area is 168 Å². The average molecular weight is 388 g/mol. The number of carbonyl (C=O) groups is 1. The minimum absolute atomic E-state index is 0.0558. The van der Waals surface area contributed by atoms with E-state index in [2.05, 4.69) is 16.7 Å². The summed E-state index contributed by atoms with van der Waals surface area (Å²) < 4.78 is 21.8. The van der Waals surface area contributed by atoms with Gasteiger partial charge in [-0.05, 0) is 42.0 Å². The fraction of sp³-hybridized carbons (Fsp3) is 0.125. The Balaban J connectivity index is 1.60. The molecule has 0 spiro atoms. The number of hydrogen-bond acceptors (Lipinski definition) is 2. The molecule has 2 aromatic carbocycles. The van der Waals surface area contributed by atoms with Crippen LogP contribution in [0.5, 0.6) is 0 Å². The molecule has 2 heterocycles. The van der Waals surface area contributed by atoms with E-state index in [0.29, 0.717) is 18.8 Å². The molecule has 0 saturated carbocycles. The van der Waals surface area contributed by atoms with Crippen LogP contribution < -0.4 is 0 Å². The Morgan fingerprint density at radius 2 is 1.69 bits per heavy atom. The van der Waals surface area contributed by atoms with Gasteiger partial charge in [0, 0.05) is 18.4 Å². The van der Waals surface area contributed by atoms with E-state index in [0.717, 1.165) is 5.69 Å². The second-order valence-corrected chi connectivity index (χ2v) is 6.83. The van der Waals surface area contributed by atoms with Crippen molar-refractivity contribution in [1.29, 1.82) is 0 Å². The summed E-state index contributed by atoms with van der Waals surface area (Å²) in [4.78, 5) is 14.7. The summed E-state index contributed by atoms with van der Waals surface area (Å²) in [5, 5.41) is 0. The highest BCUT2D eigenvalue weighted by Crippen LogP contribution is 2.18. The zero-order valence-corrected chi connectivity index (χ0v) is 15.9. The van der Waals surface area contributed by atoms with Crippen molar-refractivity contribution < 1.29 is 13.6 Å². The van der Waals surface area contributed by atoms with Crippen molar-refractivity contribution in [3.05, 3.63) is 120 Å². The Bertz CT molecular complexity index is 1070. The first-order valence-electron chi connectivity index (χ1n) is 9.45. The van der Waals surface area contributed by atoms with Gasteiger partial charge in [-0.3, -0.25) is 4.79 Å². The summed E-state index contributed by atoms with van der Waals surface area (Å²) in [6, 6.07) is 23.7. The van der Waals surface area contributed by atoms with Crippen molar-refractivity contribution in [1.82, 2.24) is 9.47 Å². The van der Waals surface area contributed by atoms with Crippen molar-refractivity contribution in [2.75, 3.05) is 0 Å². The molecule has 4 rings (SSSR count). The number of carbonyl (C=O) groups excluding carboxylic acids is 1. The van der Waals surface area contributed by atoms with Gasteiger partial charge in [0.1, 0.15) is 11.6 Å². The molecule has 0 unspecified atom stereocenters. The summed E-state index contributed by atoms with van der Waals surface area (Å²) >= 11 is 0. The van der Waals surface area contributed by atoms with Gasteiger partial charge in [0.15, 0.2) is 0 Å². The lowest BCUT2D eigenvalue weighted by Crippen LogP contribution is -2.31. The topological polar surface area (TPSA) is 38.4 Å². The van der Waals surface area contributed by atoms with Crippen LogP contribution in [0.4, 0.5) is 4.39 Å². The summed E-state index contributed by atoms with van der Waals surface area (Å²) in [5.41, 5.74) is 2.19. The molecule has 4 aromatic rings. The molecule has 4 nitrogen and oxygen atoms in total. The number of halogens is 1. The van der Waals surface area contributed by atoms with E-state index in [1.165, 1.54) is 17.7 Å². The quantitative estimate of drug-likeness (QED) is 0.441. The lowest BCUT2D eigenvalue weighted by Gasteiger charge is -2.23. The highest BCUT2D eigenvalue weighted by molar-refractivity contribution is 5.94. The van der Waals surface area contributed by atoms with E-state index in [9.17, 15) is 9.18 Å². The first kappa shape index (κ1) is 18.7. The van der Waals surface area contributed by atoms with Crippen LogP contribution in [0.3, 0.4) is 0 Å². The number of nitrogens with zero attached hydrogens (tertiary/aromatic N) is 2. The third-order valence-electron chi connectivity index (χ3n) is 4.79. The van der Waals surface area contributed by atoms with Gasteiger partial charge in [-0.1, -0.05) is 42.5 Å². The van der Waals surface area contributed by atoms with E-state index < -0.39 is 5.82 Å². The fourth-order valence-electron chi connectivity index (χ4n) is 3.32. The standard InChI is InChI=1S/C24H21FN2O2/c25-23-13-5-4-12-22(23)24(28)27(18-21-11-7-15-29-21)17-20-10-6-14-26(20)16-19-8-2-1-3-9-19/h1-15H,16-18H2. The van der Waals surface area contributed by atoms with Gasteiger partial charge >= 0.3 is 0 Å². The summed E-state index contributed by atoms with van der Waals surface area (Å²) in [7, 11) is 0. The van der Waals surface area contributed by atoms with Crippen LogP contribution in [-0.2, 0) is 19.6 Å². The van der Waals surface area contributed by atoms with Gasteiger partial charge in [0.05, 0.1) is 24.9 Å². The van der Waals surface area contributed by atoms with E-state index in [-0.39, 0.29) is 18.0 Å². The van der Waals surface area contributed by atoms with Crippen molar-refractivity contribution in [3.8, 4) is 0 Å². The van der Waals surface area contributed by atoms with Crippen molar-refractivity contribution in [3.63, 3.8) is 0 Å². The lowest BCUT2D eigenvalue weighted by atomic mass is 10.1. The van der Waals surface area contributed by atoms with Crippen LogP contribution in [-0.4, -0.2) is 15.4 Å². The number of furan rings is 1. The first-order chi connectivity index (χ1) is 14.2. The Morgan fingerprint density at radius 3 is 2.45 bits per heavy atom. The summed E-state index contributed by atoms with van der Waals surface area (Å²) in [6.45, 7) is 1.30. The molecule has 0 aliphatic heterocycles. The maximum Gasteiger partial charge on any atom is 0.257 e. The second kappa shape index (κ2) is 8.61. The summed E-state index contributed by atoms with van der Waals surface area (Å²) in [5.74, 6) is -0.246. The van der Waals surface area contributed by atoms with Crippen LogP contribution in [0.1, 0.15) is 27.4 Å². The van der Waals surface area contributed by atoms with E-state index in [4.69, 9.17) is 4.42 Å². The van der Waals surface area contributed by atoms with Gasteiger partial charge < -0.3 is 13.9 Å². The maximum absolute atomic E-state index is 14.2. The van der Waals surface area contributed by atoms with Crippen molar-refractivity contribution in [2.24, 2.45) is 0 Å². The minimum Gasteiger partial charge on any atom is -0.467 e. The lowest BCUT2D eigenvalue weighted by molar-refractivity contribution is 0.0709.